The second kappa shape index (κ2) is 8.13. The lowest BCUT2D eigenvalue weighted by Gasteiger charge is -2.40. The number of amides is 1. The van der Waals surface area contributed by atoms with Gasteiger partial charge in [0.2, 0.25) is 5.91 Å². The third-order valence-electron chi connectivity index (χ3n) is 5.45. The summed E-state index contributed by atoms with van der Waals surface area (Å²) in [5, 5.41) is 3.55. The molecule has 1 amide bonds. The summed E-state index contributed by atoms with van der Waals surface area (Å²) in [6.07, 6.45) is 2.47. The van der Waals surface area contributed by atoms with Gasteiger partial charge in [0.15, 0.2) is 0 Å². The van der Waals surface area contributed by atoms with Crippen molar-refractivity contribution in [3.05, 3.63) is 89.4 Å². The number of carbonyl (C=O) groups excluding carboxylic acids is 1. The van der Waals surface area contributed by atoms with Gasteiger partial charge in [0.05, 0.1) is 16.0 Å². The molecule has 0 atom stereocenters. The molecule has 1 fully saturated rings. The molecule has 1 aliphatic carbocycles. The van der Waals surface area contributed by atoms with Crippen LogP contribution in [0.2, 0.25) is 5.02 Å². The van der Waals surface area contributed by atoms with Crippen molar-refractivity contribution < 1.29 is 13.2 Å². The largest absolute Gasteiger partial charge is 0.325 e. The van der Waals surface area contributed by atoms with Crippen molar-refractivity contribution in [1.82, 2.24) is 0 Å². The minimum absolute atomic E-state index is 0.112. The van der Waals surface area contributed by atoms with Gasteiger partial charge in [-0.25, -0.2) is 8.42 Å². The minimum Gasteiger partial charge on any atom is -0.325 e. The van der Waals surface area contributed by atoms with Gasteiger partial charge in [0.25, 0.3) is 10.0 Å². The molecule has 0 spiro atoms. The van der Waals surface area contributed by atoms with E-state index in [0.29, 0.717) is 16.4 Å². The maximum atomic E-state index is 13.2. The smallest absolute Gasteiger partial charge is 0.261 e. The van der Waals surface area contributed by atoms with Gasteiger partial charge in [-0.1, -0.05) is 54.4 Å². The second-order valence-corrected chi connectivity index (χ2v) is 9.52. The summed E-state index contributed by atoms with van der Waals surface area (Å²) >= 11 is 6.13. The maximum absolute atomic E-state index is 13.2. The predicted molar refractivity (Wildman–Crippen MR) is 119 cm³/mol. The van der Waals surface area contributed by atoms with Crippen LogP contribution in [0.3, 0.4) is 0 Å². The fourth-order valence-corrected chi connectivity index (χ4v) is 4.95. The quantitative estimate of drug-likeness (QED) is 0.553. The second-order valence-electron chi connectivity index (χ2n) is 7.40. The van der Waals surface area contributed by atoms with Crippen molar-refractivity contribution in [3.63, 3.8) is 0 Å². The molecule has 0 aliphatic heterocycles. The number of rotatable bonds is 6. The highest BCUT2D eigenvalue weighted by atomic mass is 35.5. The van der Waals surface area contributed by atoms with Crippen LogP contribution in [0.1, 0.15) is 24.8 Å². The molecule has 30 heavy (non-hydrogen) atoms. The van der Waals surface area contributed by atoms with Gasteiger partial charge in [-0.2, -0.15) is 0 Å². The van der Waals surface area contributed by atoms with E-state index in [2.05, 4.69) is 10.0 Å². The van der Waals surface area contributed by atoms with E-state index in [4.69, 9.17) is 11.6 Å². The average molecular weight is 441 g/mol. The molecule has 7 heteroatoms. The molecule has 0 aromatic heterocycles. The van der Waals surface area contributed by atoms with E-state index in [-0.39, 0.29) is 10.8 Å². The Balaban J connectivity index is 1.54. The Bertz CT molecular complexity index is 1180. The van der Waals surface area contributed by atoms with E-state index in [1.165, 1.54) is 12.1 Å². The van der Waals surface area contributed by atoms with Crippen molar-refractivity contribution >= 4 is 38.9 Å². The number of sulfonamides is 1. The molecule has 1 aliphatic rings. The third kappa shape index (κ3) is 4.06. The number of halogens is 1. The fraction of sp³-hybridized carbons (Fsp3) is 0.174. The molecule has 5 nitrogen and oxygen atoms in total. The minimum atomic E-state index is -3.71. The first-order chi connectivity index (χ1) is 14.4. The van der Waals surface area contributed by atoms with Crippen LogP contribution >= 0.6 is 11.6 Å². The summed E-state index contributed by atoms with van der Waals surface area (Å²) in [7, 11) is -3.71. The van der Waals surface area contributed by atoms with E-state index in [0.717, 1.165) is 24.8 Å². The molecule has 0 bridgehead atoms. The van der Waals surface area contributed by atoms with Crippen molar-refractivity contribution in [2.45, 2.75) is 29.6 Å². The number of anilines is 2. The van der Waals surface area contributed by atoms with Crippen LogP contribution in [-0.2, 0) is 20.2 Å². The predicted octanol–water partition coefficient (Wildman–Crippen LogP) is 5.20. The molecule has 0 unspecified atom stereocenters. The molecule has 0 saturated heterocycles. The number of carbonyl (C=O) groups is 1. The Kier molecular flexibility index (Phi) is 5.54. The van der Waals surface area contributed by atoms with Crippen LogP contribution in [0.15, 0.2) is 83.8 Å². The topological polar surface area (TPSA) is 75.3 Å². The van der Waals surface area contributed by atoms with E-state index in [1.807, 2.05) is 18.2 Å². The first kappa shape index (κ1) is 20.4. The zero-order chi connectivity index (χ0) is 21.2. The summed E-state index contributed by atoms with van der Waals surface area (Å²) in [6.45, 7) is 0. The summed E-state index contributed by atoms with van der Waals surface area (Å²) in [5.41, 5.74) is 1.20. The molecular weight excluding hydrogens is 420 g/mol. The molecular formula is C23H21ClN2O3S. The number of nitrogens with one attached hydrogen (secondary N) is 2. The zero-order valence-electron chi connectivity index (χ0n) is 16.1. The molecule has 154 valence electrons. The monoisotopic (exact) mass is 440 g/mol. The lowest BCUT2D eigenvalue weighted by Crippen LogP contribution is -2.46. The van der Waals surface area contributed by atoms with Crippen LogP contribution in [0, 0.1) is 0 Å². The Morgan fingerprint density at radius 2 is 1.57 bits per heavy atom. The van der Waals surface area contributed by atoms with Crippen molar-refractivity contribution in [1.29, 1.82) is 0 Å². The SMILES string of the molecule is O=C(Nc1cccc(NS(=O)(=O)c2ccccc2)c1)C1(c2cccc(Cl)c2)CCC1. The normalized spacial score (nSPS) is 15.1. The molecule has 3 aromatic carbocycles. The standard InChI is InChI=1S/C23H21ClN2O3S/c24-18-8-4-7-17(15-18)23(13-6-14-23)22(27)25-19-9-5-10-20(16-19)26-30(28,29)21-11-2-1-3-12-21/h1-5,7-12,15-16,26H,6,13-14H2,(H,25,27). The van der Waals surface area contributed by atoms with E-state index >= 15 is 0 Å². The first-order valence-electron chi connectivity index (χ1n) is 9.65. The summed E-state index contributed by atoms with van der Waals surface area (Å²) in [6, 6.07) is 22.2. The fourth-order valence-electron chi connectivity index (χ4n) is 3.69. The summed E-state index contributed by atoms with van der Waals surface area (Å²) in [4.78, 5) is 13.3. The lowest BCUT2D eigenvalue weighted by atomic mass is 9.64. The molecule has 2 N–H and O–H groups in total. The summed E-state index contributed by atoms with van der Waals surface area (Å²) in [5.74, 6) is -0.112. The summed E-state index contributed by atoms with van der Waals surface area (Å²) < 4.78 is 27.7. The Labute approximate surface area is 181 Å². The number of hydrogen-bond donors (Lipinski definition) is 2. The Hall–Kier alpha value is -2.83. The third-order valence-corrected chi connectivity index (χ3v) is 7.08. The lowest BCUT2D eigenvalue weighted by molar-refractivity contribution is -0.124. The molecule has 4 rings (SSSR count). The van der Waals surface area contributed by atoms with E-state index in [9.17, 15) is 13.2 Å². The van der Waals surface area contributed by atoms with E-state index < -0.39 is 15.4 Å². The Morgan fingerprint density at radius 1 is 0.867 bits per heavy atom. The van der Waals surface area contributed by atoms with Gasteiger partial charge in [-0.3, -0.25) is 9.52 Å². The van der Waals surface area contributed by atoms with Crippen LogP contribution in [0.4, 0.5) is 11.4 Å². The van der Waals surface area contributed by atoms with Gasteiger partial charge < -0.3 is 5.32 Å². The maximum Gasteiger partial charge on any atom is 0.261 e. The molecule has 0 radical (unpaired) electrons. The number of benzene rings is 3. The van der Waals surface area contributed by atoms with E-state index in [1.54, 1.807) is 48.5 Å². The molecule has 1 saturated carbocycles. The van der Waals surface area contributed by atoms with Crippen molar-refractivity contribution in [3.8, 4) is 0 Å². The van der Waals surface area contributed by atoms with Gasteiger partial charge >= 0.3 is 0 Å². The van der Waals surface area contributed by atoms with Crippen LogP contribution < -0.4 is 10.0 Å². The highest BCUT2D eigenvalue weighted by molar-refractivity contribution is 7.92. The van der Waals surface area contributed by atoms with Gasteiger partial charge in [0.1, 0.15) is 0 Å². The first-order valence-corrected chi connectivity index (χ1v) is 11.5. The number of hydrogen-bond acceptors (Lipinski definition) is 3. The van der Waals surface area contributed by atoms with Crippen molar-refractivity contribution in [2.24, 2.45) is 0 Å². The van der Waals surface area contributed by atoms with Crippen molar-refractivity contribution in [2.75, 3.05) is 10.0 Å². The average Bonchev–Trinajstić information content (AvgIpc) is 2.68. The van der Waals surface area contributed by atoms with Crippen LogP contribution in [0.25, 0.3) is 0 Å². The van der Waals surface area contributed by atoms with Gasteiger partial charge in [-0.05, 0) is 60.9 Å². The molecule has 0 heterocycles. The highest BCUT2D eigenvalue weighted by Crippen LogP contribution is 2.45. The molecule has 3 aromatic rings. The zero-order valence-corrected chi connectivity index (χ0v) is 17.7. The van der Waals surface area contributed by atoms with Crippen LogP contribution in [0.5, 0.6) is 0 Å². The van der Waals surface area contributed by atoms with Gasteiger partial charge in [-0.15, -0.1) is 0 Å². The van der Waals surface area contributed by atoms with Crippen LogP contribution in [-0.4, -0.2) is 14.3 Å². The van der Waals surface area contributed by atoms with Gasteiger partial charge in [0, 0.05) is 10.7 Å². The Morgan fingerprint density at radius 3 is 2.23 bits per heavy atom. The highest BCUT2D eigenvalue weighted by Gasteiger charge is 2.45.